The van der Waals surface area contributed by atoms with Crippen LogP contribution in [0.5, 0.6) is 0 Å². The third kappa shape index (κ3) is 2.67. The van der Waals surface area contributed by atoms with E-state index in [4.69, 9.17) is 4.74 Å². The van der Waals surface area contributed by atoms with Crippen LogP contribution in [0.2, 0.25) is 0 Å². The average Bonchev–Trinajstić information content (AvgIpc) is 2.89. The van der Waals surface area contributed by atoms with Crippen LogP contribution in [-0.2, 0) is 11.8 Å². The van der Waals surface area contributed by atoms with Crippen LogP contribution in [0.25, 0.3) is 16.7 Å². The number of benzene rings is 1. The molecule has 0 aliphatic heterocycles. The summed E-state index contributed by atoms with van der Waals surface area (Å²) >= 11 is 0. The van der Waals surface area contributed by atoms with Gasteiger partial charge in [0.25, 0.3) is 5.56 Å². The molecule has 0 saturated carbocycles. The van der Waals surface area contributed by atoms with Gasteiger partial charge in [0.05, 0.1) is 23.7 Å². The first-order valence-electron chi connectivity index (χ1n) is 7.22. The van der Waals surface area contributed by atoms with Crippen LogP contribution in [-0.4, -0.2) is 37.4 Å². The molecule has 0 aliphatic rings. The predicted octanol–water partition coefficient (Wildman–Crippen LogP) is 0.780. The van der Waals surface area contributed by atoms with Gasteiger partial charge in [-0.1, -0.05) is 12.1 Å². The zero-order valence-electron chi connectivity index (χ0n) is 13.6. The van der Waals surface area contributed by atoms with E-state index in [-0.39, 0.29) is 23.2 Å². The molecule has 0 saturated heterocycles. The minimum Gasteiger partial charge on any atom is -0.462 e. The van der Waals surface area contributed by atoms with Crippen molar-refractivity contribution in [3.63, 3.8) is 0 Å². The van der Waals surface area contributed by atoms with E-state index in [2.05, 4.69) is 10.1 Å². The monoisotopic (exact) mass is 330 g/mol. The molecule has 8 nitrogen and oxygen atoms in total. The molecule has 3 rings (SSSR count). The maximum Gasteiger partial charge on any atom is 0.343 e. The summed E-state index contributed by atoms with van der Waals surface area (Å²) in [6.07, 6.45) is 1.40. The fraction of sp³-hybridized carbons (Fsp3) is 0.250. The minimum atomic E-state index is -0.518. The number of aromatic nitrogens is 4. The molecule has 0 bridgehead atoms. The number of nitrogens with zero attached hydrogens (tertiary/aromatic N) is 4. The highest BCUT2D eigenvalue weighted by Crippen LogP contribution is 2.17. The Morgan fingerprint density at radius 2 is 2.00 bits per heavy atom. The summed E-state index contributed by atoms with van der Waals surface area (Å²) < 4.78 is 7.90. The summed E-state index contributed by atoms with van der Waals surface area (Å²) in [6.45, 7) is 3.69. The SMILES string of the molecule is CCOC(=O)c1cnn(C)c1-n1c(C)nc2ccccc2c1=O.O. The summed E-state index contributed by atoms with van der Waals surface area (Å²) in [5.41, 5.74) is 0.602. The Labute approximate surface area is 137 Å². The summed E-state index contributed by atoms with van der Waals surface area (Å²) in [7, 11) is 1.67. The van der Waals surface area contributed by atoms with Gasteiger partial charge in [-0.3, -0.25) is 9.48 Å². The number of aryl methyl sites for hydroxylation is 2. The molecule has 0 unspecified atom stereocenters. The number of rotatable bonds is 3. The summed E-state index contributed by atoms with van der Waals surface area (Å²) in [5.74, 6) is 0.308. The molecule has 0 fully saturated rings. The fourth-order valence-electron chi connectivity index (χ4n) is 2.54. The predicted molar refractivity (Wildman–Crippen MR) is 88.4 cm³/mol. The first-order valence-corrected chi connectivity index (χ1v) is 7.22. The molecule has 0 amide bonds. The Bertz CT molecular complexity index is 958. The molecule has 8 heteroatoms. The third-order valence-electron chi connectivity index (χ3n) is 3.56. The number of carbonyl (C=O) groups is 1. The number of ether oxygens (including phenoxy) is 1. The van der Waals surface area contributed by atoms with E-state index >= 15 is 0 Å². The molecule has 2 N–H and O–H groups in total. The van der Waals surface area contributed by atoms with Crippen molar-refractivity contribution in [2.75, 3.05) is 6.61 Å². The maximum absolute atomic E-state index is 12.9. The molecule has 2 aromatic heterocycles. The zero-order chi connectivity index (χ0) is 16.6. The largest absolute Gasteiger partial charge is 0.462 e. The second-order valence-corrected chi connectivity index (χ2v) is 5.04. The van der Waals surface area contributed by atoms with Gasteiger partial charge in [0, 0.05) is 7.05 Å². The molecule has 24 heavy (non-hydrogen) atoms. The van der Waals surface area contributed by atoms with Gasteiger partial charge in [0.1, 0.15) is 11.4 Å². The van der Waals surface area contributed by atoms with Crippen LogP contribution >= 0.6 is 0 Å². The van der Waals surface area contributed by atoms with Gasteiger partial charge in [-0.05, 0) is 26.0 Å². The molecule has 0 spiro atoms. The summed E-state index contributed by atoms with van der Waals surface area (Å²) in [6, 6.07) is 7.10. The molecular formula is C16H18N4O4. The number of fused-ring (bicyclic) bond motifs is 1. The van der Waals surface area contributed by atoms with E-state index in [9.17, 15) is 9.59 Å². The smallest absolute Gasteiger partial charge is 0.343 e. The lowest BCUT2D eigenvalue weighted by Gasteiger charge is -2.12. The van der Waals surface area contributed by atoms with Gasteiger partial charge < -0.3 is 10.2 Å². The van der Waals surface area contributed by atoms with Crippen molar-refractivity contribution in [2.45, 2.75) is 13.8 Å². The van der Waals surface area contributed by atoms with Gasteiger partial charge in [-0.25, -0.2) is 14.3 Å². The molecular weight excluding hydrogens is 312 g/mol. The molecule has 0 radical (unpaired) electrons. The zero-order valence-corrected chi connectivity index (χ0v) is 13.6. The van der Waals surface area contributed by atoms with Gasteiger partial charge in [0.2, 0.25) is 0 Å². The number of hydrogen-bond donors (Lipinski definition) is 0. The Balaban J connectivity index is 0.00000208. The van der Waals surface area contributed by atoms with Crippen LogP contribution in [0.4, 0.5) is 0 Å². The number of esters is 1. The quantitative estimate of drug-likeness (QED) is 0.659. The van der Waals surface area contributed by atoms with Gasteiger partial charge >= 0.3 is 5.97 Å². The summed E-state index contributed by atoms with van der Waals surface area (Å²) in [4.78, 5) is 29.4. The number of para-hydroxylation sites is 1. The molecule has 0 atom stereocenters. The summed E-state index contributed by atoms with van der Waals surface area (Å²) in [5, 5.41) is 4.57. The van der Waals surface area contributed by atoms with Gasteiger partial charge in [0.15, 0.2) is 5.82 Å². The molecule has 3 aromatic rings. The Morgan fingerprint density at radius 3 is 2.71 bits per heavy atom. The van der Waals surface area contributed by atoms with Crippen molar-refractivity contribution in [1.82, 2.24) is 19.3 Å². The Hall–Kier alpha value is -3.00. The standard InChI is InChI=1S/C16H16N4O3.H2O/c1-4-23-16(22)12-9-17-19(3)14(12)20-10(2)18-13-8-6-5-7-11(13)15(20)21;/h5-9H,4H2,1-3H3;1H2. The van der Waals surface area contributed by atoms with Crippen molar-refractivity contribution < 1.29 is 15.0 Å². The van der Waals surface area contributed by atoms with Gasteiger partial charge in [-0.2, -0.15) is 5.10 Å². The molecule has 0 aliphatic carbocycles. The highest BCUT2D eigenvalue weighted by Gasteiger charge is 2.22. The normalized spacial score (nSPS) is 10.5. The molecule has 126 valence electrons. The van der Waals surface area contributed by atoms with E-state index in [0.29, 0.717) is 22.5 Å². The first-order chi connectivity index (χ1) is 11.0. The van der Waals surface area contributed by atoms with Crippen molar-refractivity contribution in [3.05, 3.63) is 52.2 Å². The van der Waals surface area contributed by atoms with Crippen LogP contribution in [0, 0.1) is 6.92 Å². The second-order valence-electron chi connectivity index (χ2n) is 5.04. The Kier molecular flexibility index (Phi) is 4.79. The highest BCUT2D eigenvalue weighted by atomic mass is 16.5. The number of hydrogen-bond acceptors (Lipinski definition) is 5. The van der Waals surface area contributed by atoms with E-state index < -0.39 is 5.97 Å². The van der Waals surface area contributed by atoms with Crippen molar-refractivity contribution in [3.8, 4) is 5.82 Å². The van der Waals surface area contributed by atoms with Crippen LogP contribution in [0.1, 0.15) is 23.1 Å². The van der Waals surface area contributed by atoms with Crippen LogP contribution in [0.15, 0.2) is 35.3 Å². The lowest BCUT2D eigenvalue weighted by atomic mass is 10.2. The maximum atomic E-state index is 12.9. The van der Waals surface area contributed by atoms with Crippen molar-refractivity contribution in [2.24, 2.45) is 7.05 Å². The molecule has 1 aromatic carbocycles. The lowest BCUT2D eigenvalue weighted by Crippen LogP contribution is -2.26. The molecule has 2 heterocycles. The van der Waals surface area contributed by atoms with Crippen molar-refractivity contribution in [1.29, 1.82) is 0 Å². The van der Waals surface area contributed by atoms with Crippen molar-refractivity contribution >= 4 is 16.9 Å². The van der Waals surface area contributed by atoms with Crippen LogP contribution in [0.3, 0.4) is 0 Å². The Morgan fingerprint density at radius 1 is 1.29 bits per heavy atom. The van der Waals surface area contributed by atoms with E-state index in [1.165, 1.54) is 15.4 Å². The first kappa shape index (κ1) is 17.4. The number of carbonyl (C=O) groups excluding carboxylic acids is 1. The third-order valence-corrected chi connectivity index (χ3v) is 3.56. The minimum absolute atomic E-state index is 0. The van der Waals surface area contributed by atoms with E-state index in [1.54, 1.807) is 39.1 Å². The van der Waals surface area contributed by atoms with E-state index in [0.717, 1.165) is 0 Å². The fourth-order valence-corrected chi connectivity index (χ4v) is 2.54. The van der Waals surface area contributed by atoms with E-state index in [1.807, 2.05) is 6.07 Å². The second kappa shape index (κ2) is 6.63. The lowest BCUT2D eigenvalue weighted by molar-refractivity contribution is 0.0526. The average molecular weight is 330 g/mol. The highest BCUT2D eigenvalue weighted by molar-refractivity contribution is 5.93. The van der Waals surface area contributed by atoms with Gasteiger partial charge in [-0.15, -0.1) is 0 Å². The topological polar surface area (TPSA) is 111 Å². The van der Waals surface area contributed by atoms with Crippen LogP contribution < -0.4 is 5.56 Å².